The zero-order valence-corrected chi connectivity index (χ0v) is 16.0. The highest BCUT2D eigenvalue weighted by molar-refractivity contribution is 6.32. The van der Waals surface area contributed by atoms with Gasteiger partial charge in [0.1, 0.15) is 17.3 Å². The summed E-state index contributed by atoms with van der Waals surface area (Å²) in [6, 6.07) is 15.5. The summed E-state index contributed by atoms with van der Waals surface area (Å²) in [5.74, 6) is 2.33. The minimum Gasteiger partial charge on any atom is -0.495 e. The fourth-order valence-corrected chi connectivity index (χ4v) is 2.80. The molecule has 0 amide bonds. The molecule has 0 aliphatic heterocycles. The Morgan fingerprint density at radius 2 is 1.78 bits per heavy atom. The zero-order chi connectivity index (χ0) is 19.1. The minimum absolute atomic E-state index is 0.478. The molecular weight excluding hydrogens is 364 g/mol. The van der Waals surface area contributed by atoms with E-state index in [1.807, 2.05) is 18.2 Å². The lowest BCUT2D eigenvalue weighted by Gasteiger charge is -2.14. The van der Waals surface area contributed by atoms with Crippen LogP contribution in [0.2, 0.25) is 5.02 Å². The fourth-order valence-electron chi connectivity index (χ4n) is 2.57. The molecule has 0 unspecified atom stereocenters. The minimum atomic E-state index is 0.478. The van der Waals surface area contributed by atoms with Crippen molar-refractivity contribution in [3.63, 3.8) is 0 Å². The number of hydrogen-bond acceptors (Lipinski definition) is 6. The molecule has 0 aliphatic carbocycles. The maximum Gasteiger partial charge on any atom is 0.224 e. The molecule has 140 valence electrons. The number of ether oxygens (including phenoxy) is 2. The summed E-state index contributed by atoms with van der Waals surface area (Å²) in [5, 5.41) is 6.94. The van der Waals surface area contributed by atoms with E-state index in [2.05, 4.69) is 32.7 Å². The molecule has 0 radical (unpaired) electrons. The highest BCUT2D eigenvalue weighted by Crippen LogP contribution is 2.37. The Kier molecular flexibility index (Phi) is 6.33. The topological polar surface area (TPSA) is 68.3 Å². The summed E-state index contributed by atoms with van der Waals surface area (Å²) in [5.41, 5.74) is 1.96. The van der Waals surface area contributed by atoms with Crippen molar-refractivity contribution >= 4 is 29.1 Å². The SMILES string of the molecule is COc1cc(Nc2ccnc(NCCc3ccccc3)n2)c(OC)cc1Cl. The quantitative estimate of drug-likeness (QED) is 0.594. The van der Waals surface area contributed by atoms with E-state index < -0.39 is 0 Å². The van der Waals surface area contributed by atoms with Crippen LogP contribution >= 0.6 is 11.6 Å². The average Bonchev–Trinajstić information content (AvgIpc) is 2.70. The third kappa shape index (κ3) is 5.01. The molecule has 0 atom stereocenters. The normalized spacial score (nSPS) is 10.3. The van der Waals surface area contributed by atoms with Crippen molar-refractivity contribution in [3.8, 4) is 11.5 Å². The molecule has 0 spiro atoms. The molecule has 1 heterocycles. The van der Waals surface area contributed by atoms with E-state index in [0.29, 0.717) is 34.0 Å². The Labute approximate surface area is 163 Å². The van der Waals surface area contributed by atoms with Gasteiger partial charge in [0, 0.05) is 24.9 Å². The summed E-state index contributed by atoms with van der Waals surface area (Å²) in [4.78, 5) is 8.75. The van der Waals surface area contributed by atoms with Gasteiger partial charge in [0.25, 0.3) is 0 Å². The average molecular weight is 385 g/mol. The van der Waals surface area contributed by atoms with Crippen LogP contribution in [0.3, 0.4) is 0 Å². The molecular formula is C20H21ClN4O2. The van der Waals surface area contributed by atoms with Crippen molar-refractivity contribution < 1.29 is 9.47 Å². The van der Waals surface area contributed by atoms with Crippen LogP contribution in [0.4, 0.5) is 17.5 Å². The van der Waals surface area contributed by atoms with Gasteiger partial charge in [-0.2, -0.15) is 4.98 Å². The Balaban J connectivity index is 1.69. The molecule has 3 rings (SSSR count). The number of methoxy groups -OCH3 is 2. The first-order valence-corrected chi connectivity index (χ1v) is 8.87. The van der Waals surface area contributed by atoms with Gasteiger partial charge in [-0.15, -0.1) is 0 Å². The van der Waals surface area contributed by atoms with E-state index in [1.54, 1.807) is 38.6 Å². The Morgan fingerprint density at radius 3 is 2.52 bits per heavy atom. The summed E-state index contributed by atoms with van der Waals surface area (Å²) < 4.78 is 10.6. The number of nitrogens with one attached hydrogen (secondary N) is 2. The van der Waals surface area contributed by atoms with Crippen LogP contribution < -0.4 is 20.1 Å². The molecule has 2 aromatic carbocycles. The van der Waals surface area contributed by atoms with E-state index >= 15 is 0 Å². The van der Waals surface area contributed by atoms with Gasteiger partial charge in [-0.25, -0.2) is 4.98 Å². The highest BCUT2D eigenvalue weighted by atomic mass is 35.5. The maximum absolute atomic E-state index is 6.15. The number of hydrogen-bond donors (Lipinski definition) is 2. The van der Waals surface area contributed by atoms with Crippen LogP contribution in [0.1, 0.15) is 5.56 Å². The van der Waals surface area contributed by atoms with Crippen molar-refractivity contribution in [2.75, 3.05) is 31.4 Å². The number of benzene rings is 2. The first kappa shape index (κ1) is 18.8. The van der Waals surface area contributed by atoms with Gasteiger partial charge in [0.05, 0.1) is 24.9 Å². The zero-order valence-electron chi connectivity index (χ0n) is 15.2. The summed E-state index contributed by atoms with van der Waals surface area (Å²) in [6.45, 7) is 0.742. The van der Waals surface area contributed by atoms with Gasteiger partial charge < -0.3 is 20.1 Å². The van der Waals surface area contributed by atoms with Crippen molar-refractivity contribution in [2.45, 2.75) is 6.42 Å². The molecule has 0 aliphatic rings. The maximum atomic E-state index is 6.15. The Hall–Kier alpha value is -2.99. The molecule has 27 heavy (non-hydrogen) atoms. The molecule has 0 saturated heterocycles. The van der Waals surface area contributed by atoms with Crippen molar-refractivity contribution in [3.05, 3.63) is 65.3 Å². The summed E-state index contributed by atoms with van der Waals surface area (Å²) >= 11 is 6.15. The molecule has 0 fully saturated rings. The molecule has 1 aromatic heterocycles. The van der Waals surface area contributed by atoms with E-state index in [1.165, 1.54) is 5.56 Å². The van der Waals surface area contributed by atoms with Gasteiger partial charge in [-0.05, 0) is 18.1 Å². The van der Waals surface area contributed by atoms with E-state index in [0.717, 1.165) is 13.0 Å². The third-order valence-electron chi connectivity index (χ3n) is 3.93. The summed E-state index contributed by atoms with van der Waals surface area (Å²) in [7, 11) is 3.15. The standard InChI is InChI=1S/C20H21ClN4O2/c1-26-17-13-16(18(27-2)12-15(17)21)24-19-9-11-23-20(25-19)22-10-8-14-6-4-3-5-7-14/h3-7,9,11-13H,8,10H2,1-2H3,(H2,22,23,24,25). The number of rotatable bonds is 8. The molecule has 2 N–H and O–H groups in total. The van der Waals surface area contributed by atoms with Crippen LogP contribution in [-0.2, 0) is 6.42 Å². The lowest BCUT2D eigenvalue weighted by atomic mass is 10.1. The molecule has 7 heteroatoms. The second kappa shape index (κ2) is 9.09. The van der Waals surface area contributed by atoms with Crippen LogP contribution in [0.15, 0.2) is 54.7 Å². The van der Waals surface area contributed by atoms with Crippen LogP contribution in [-0.4, -0.2) is 30.7 Å². The summed E-state index contributed by atoms with van der Waals surface area (Å²) in [6.07, 6.45) is 2.59. The van der Waals surface area contributed by atoms with Gasteiger partial charge in [0.2, 0.25) is 5.95 Å². The largest absolute Gasteiger partial charge is 0.495 e. The van der Waals surface area contributed by atoms with Gasteiger partial charge in [0.15, 0.2) is 0 Å². The number of halogens is 1. The smallest absolute Gasteiger partial charge is 0.224 e. The molecule has 0 saturated carbocycles. The van der Waals surface area contributed by atoms with Crippen molar-refractivity contribution in [1.82, 2.24) is 9.97 Å². The van der Waals surface area contributed by atoms with E-state index in [-0.39, 0.29) is 0 Å². The lowest BCUT2D eigenvalue weighted by Crippen LogP contribution is -2.08. The Bertz CT molecular complexity index is 890. The predicted molar refractivity (Wildman–Crippen MR) is 109 cm³/mol. The van der Waals surface area contributed by atoms with Crippen molar-refractivity contribution in [1.29, 1.82) is 0 Å². The second-order valence-electron chi connectivity index (χ2n) is 5.74. The predicted octanol–water partition coefficient (Wildman–Crippen LogP) is 4.55. The van der Waals surface area contributed by atoms with Gasteiger partial charge in [-0.3, -0.25) is 0 Å². The van der Waals surface area contributed by atoms with Gasteiger partial charge in [-0.1, -0.05) is 41.9 Å². The number of anilines is 3. The number of nitrogens with zero attached hydrogens (tertiary/aromatic N) is 2. The monoisotopic (exact) mass is 384 g/mol. The first-order chi connectivity index (χ1) is 13.2. The molecule has 6 nitrogen and oxygen atoms in total. The third-order valence-corrected chi connectivity index (χ3v) is 4.23. The van der Waals surface area contributed by atoms with Crippen molar-refractivity contribution in [2.24, 2.45) is 0 Å². The first-order valence-electron chi connectivity index (χ1n) is 8.49. The van der Waals surface area contributed by atoms with Crippen LogP contribution in [0.25, 0.3) is 0 Å². The number of aromatic nitrogens is 2. The fraction of sp³-hybridized carbons (Fsp3) is 0.200. The lowest BCUT2D eigenvalue weighted by molar-refractivity contribution is 0.405. The second-order valence-corrected chi connectivity index (χ2v) is 6.15. The molecule has 0 bridgehead atoms. The van der Waals surface area contributed by atoms with E-state index in [4.69, 9.17) is 21.1 Å². The van der Waals surface area contributed by atoms with Crippen LogP contribution in [0, 0.1) is 0 Å². The van der Waals surface area contributed by atoms with Crippen LogP contribution in [0.5, 0.6) is 11.5 Å². The Morgan fingerprint density at radius 1 is 1.00 bits per heavy atom. The van der Waals surface area contributed by atoms with Gasteiger partial charge >= 0.3 is 0 Å². The highest BCUT2D eigenvalue weighted by Gasteiger charge is 2.11. The molecule has 3 aromatic rings. The van der Waals surface area contributed by atoms with E-state index in [9.17, 15) is 0 Å².